The fraction of sp³-hybridized carbons (Fsp3) is 0.632. The third-order valence-electron chi connectivity index (χ3n) is 5.60. The summed E-state index contributed by atoms with van der Waals surface area (Å²) in [5.41, 5.74) is 2.31. The van der Waals surface area contributed by atoms with Crippen LogP contribution >= 0.6 is 0 Å². The van der Waals surface area contributed by atoms with E-state index in [1.165, 1.54) is 0 Å². The van der Waals surface area contributed by atoms with Gasteiger partial charge in [-0.2, -0.15) is 0 Å². The summed E-state index contributed by atoms with van der Waals surface area (Å²) < 4.78 is 13.9. The monoisotopic (exact) mass is 333 g/mol. The number of benzene rings is 1. The first-order valence-corrected chi connectivity index (χ1v) is 8.82. The SMILES string of the molecule is Cc1ccc(F)c(CN2CCC3(CC2)CC(NC(=O)N(C)C)C3)c1. The number of carbonyl (C=O) groups is 1. The Morgan fingerprint density at radius 3 is 2.62 bits per heavy atom. The summed E-state index contributed by atoms with van der Waals surface area (Å²) in [5, 5.41) is 3.08. The van der Waals surface area contributed by atoms with Crippen molar-refractivity contribution in [3.63, 3.8) is 0 Å². The molecule has 4 nitrogen and oxygen atoms in total. The third-order valence-corrected chi connectivity index (χ3v) is 5.60. The van der Waals surface area contributed by atoms with Gasteiger partial charge in [0.2, 0.25) is 0 Å². The van der Waals surface area contributed by atoms with Crippen LogP contribution in [0.5, 0.6) is 0 Å². The standard InChI is InChI=1S/C19H28FN3O/c1-14-4-5-17(20)15(10-14)13-23-8-6-19(7-9-23)11-16(12-19)21-18(24)22(2)3/h4-5,10,16H,6-9,11-13H2,1-3H3,(H,21,24). The van der Waals surface area contributed by atoms with Gasteiger partial charge in [-0.25, -0.2) is 9.18 Å². The molecule has 0 radical (unpaired) electrons. The number of rotatable bonds is 3. The Labute approximate surface area is 144 Å². The fourth-order valence-electron chi connectivity index (χ4n) is 4.05. The van der Waals surface area contributed by atoms with Crippen molar-refractivity contribution in [3.8, 4) is 0 Å². The van der Waals surface area contributed by atoms with Gasteiger partial charge in [-0.1, -0.05) is 17.7 Å². The molecule has 132 valence electrons. The van der Waals surface area contributed by atoms with Crippen molar-refractivity contribution in [2.24, 2.45) is 5.41 Å². The van der Waals surface area contributed by atoms with Crippen molar-refractivity contribution in [1.29, 1.82) is 0 Å². The van der Waals surface area contributed by atoms with E-state index >= 15 is 0 Å². The highest BCUT2D eigenvalue weighted by Gasteiger charge is 2.46. The number of likely N-dealkylation sites (tertiary alicyclic amines) is 1. The molecule has 1 heterocycles. The largest absolute Gasteiger partial charge is 0.335 e. The first kappa shape index (κ1) is 17.2. The van der Waals surface area contributed by atoms with Crippen LogP contribution in [0.2, 0.25) is 0 Å². The Balaban J connectivity index is 1.47. The van der Waals surface area contributed by atoms with E-state index in [1.54, 1.807) is 25.1 Å². The van der Waals surface area contributed by atoms with Gasteiger partial charge < -0.3 is 10.2 Å². The molecule has 1 aliphatic carbocycles. The second kappa shape index (κ2) is 6.71. The maximum atomic E-state index is 13.9. The van der Waals surface area contributed by atoms with Crippen molar-refractivity contribution in [1.82, 2.24) is 15.1 Å². The topological polar surface area (TPSA) is 35.6 Å². The average molecular weight is 333 g/mol. The Kier molecular flexibility index (Phi) is 4.81. The molecule has 1 aliphatic heterocycles. The van der Waals surface area contributed by atoms with E-state index in [0.29, 0.717) is 18.0 Å². The van der Waals surface area contributed by atoms with E-state index in [0.717, 1.165) is 49.9 Å². The Bertz CT molecular complexity index is 601. The van der Waals surface area contributed by atoms with E-state index in [2.05, 4.69) is 10.2 Å². The summed E-state index contributed by atoms with van der Waals surface area (Å²) in [5.74, 6) is -0.101. The average Bonchev–Trinajstić information content (AvgIpc) is 2.51. The van der Waals surface area contributed by atoms with Crippen molar-refractivity contribution in [2.45, 2.75) is 45.2 Å². The van der Waals surface area contributed by atoms with Crippen LogP contribution in [0.1, 0.15) is 36.8 Å². The van der Waals surface area contributed by atoms with Gasteiger partial charge in [0.05, 0.1) is 0 Å². The van der Waals surface area contributed by atoms with Crippen LogP contribution in [0.25, 0.3) is 0 Å². The Hall–Kier alpha value is -1.62. The second-order valence-electron chi connectivity index (χ2n) is 7.82. The van der Waals surface area contributed by atoms with Gasteiger partial charge in [-0.15, -0.1) is 0 Å². The zero-order valence-electron chi connectivity index (χ0n) is 14.9. The molecule has 5 heteroatoms. The zero-order chi connectivity index (χ0) is 17.3. The molecule has 1 aromatic carbocycles. The van der Waals surface area contributed by atoms with Gasteiger partial charge in [0, 0.05) is 32.2 Å². The second-order valence-corrected chi connectivity index (χ2v) is 7.82. The summed E-state index contributed by atoms with van der Waals surface area (Å²) in [6, 6.07) is 5.67. The first-order valence-electron chi connectivity index (χ1n) is 8.82. The quantitative estimate of drug-likeness (QED) is 0.922. The highest BCUT2D eigenvalue weighted by molar-refractivity contribution is 5.74. The van der Waals surface area contributed by atoms with Gasteiger partial charge in [0.15, 0.2) is 0 Å². The number of amides is 2. The van der Waals surface area contributed by atoms with Crippen LogP contribution in [0, 0.1) is 18.2 Å². The molecule has 2 amide bonds. The molecule has 1 saturated carbocycles. The zero-order valence-corrected chi connectivity index (χ0v) is 14.9. The molecule has 3 rings (SSSR count). The van der Waals surface area contributed by atoms with Gasteiger partial charge in [0.1, 0.15) is 5.82 Å². The van der Waals surface area contributed by atoms with E-state index < -0.39 is 0 Å². The van der Waals surface area contributed by atoms with Crippen LogP contribution in [0.15, 0.2) is 18.2 Å². The molecular formula is C19H28FN3O. The molecule has 24 heavy (non-hydrogen) atoms. The molecule has 0 aromatic heterocycles. The molecule has 1 spiro atoms. The number of halogens is 1. The van der Waals surface area contributed by atoms with Crippen molar-refractivity contribution < 1.29 is 9.18 Å². The number of hydrogen-bond acceptors (Lipinski definition) is 2. The van der Waals surface area contributed by atoms with Crippen molar-refractivity contribution in [3.05, 3.63) is 35.1 Å². The molecule has 1 saturated heterocycles. The maximum Gasteiger partial charge on any atom is 0.317 e. The molecular weight excluding hydrogens is 305 g/mol. The summed E-state index contributed by atoms with van der Waals surface area (Å²) in [6.07, 6.45) is 4.46. The van der Waals surface area contributed by atoms with Crippen LogP contribution in [-0.2, 0) is 6.54 Å². The van der Waals surface area contributed by atoms with Gasteiger partial charge in [0.25, 0.3) is 0 Å². The summed E-state index contributed by atoms with van der Waals surface area (Å²) in [4.78, 5) is 15.6. The number of aryl methyl sites for hydroxylation is 1. The molecule has 1 aromatic rings. The predicted octanol–water partition coefficient (Wildman–Crippen LogP) is 3.15. The minimum atomic E-state index is -0.101. The lowest BCUT2D eigenvalue weighted by Crippen LogP contribution is -2.56. The molecule has 2 aliphatic rings. The Morgan fingerprint density at radius 2 is 2.00 bits per heavy atom. The first-order chi connectivity index (χ1) is 11.4. The highest BCUT2D eigenvalue weighted by atomic mass is 19.1. The minimum absolute atomic E-state index is 0.00204. The molecule has 0 atom stereocenters. The number of piperidine rings is 1. The van der Waals surface area contributed by atoms with Crippen molar-refractivity contribution in [2.75, 3.05) is 27.2 Å². The van der Waals surface area contributed by atoms with Gasteiger partial charge >= 0.3 is 6.03 Å². The van der Waals surface area contributed by atoms with E-state index in [9.17, 15) is 9.18 Å². The van der Waals surface area contributed by atoms with Crippen LogP contribution < -0.4 is 5.32 Å². The minimum Gasteiger partial charge on any atom is -0.335 e. The summed E-state index contributed by atoms with van der Waals surface area (Å²) in [6.45, 7) is 4.73. The Morgan fingerprint density at radius 1 is 1.33 bits per heavy atom. The number of nitrogens with one attached hydrogen (secondary N) is 1. The van der Waals surface area contributed by atoms with E-state index in [1.807, 2.05) is 19.1 Å². The number of urea groups is 1. The lowest BCUT2D eigenvalue weighted by Gasteiger charge is -2.52. The van der Waals surface area contributed by atoms with Crippen molar-refractivity contribution >= 4 is 6.03 Å². The predicted molar refractivity (Wildman–Crippen MR) is 93.3 cm³/mol. The molecule has 1 N–H and O–H groups in total. The summed E-state index contributed by atoms with van der Waals surface area (Å²) in [7, 11) is 3.54. The lowest BCUT2D eigenvalue weighted by molar-refractivity contribution is 0.00611. The van der Waals surface area contributed by atoms with Gasteiger partial charge in [-0.05, 0) is 57.2 Å². The van der Waals surface area contributed by atoms with E-state index in [4.69, 9.17) is 0 Å². The van der Waals surface area contributed by atoms with Crippen LogP contribution in [0.4, 0.5) is 9.18 Å². The highest BCUT2D eigenvalue weighted by Crippen LogP contribution is 2.49. The third kappa shape index (κ3) is 3.72. The number of nitrogens with zero attached hydrogens (tertiary/aromatic N) is 2. The molecule has 0 bridgehead atoms. The smallest absolute Gasteiger partial charge is 0.317 e. The van der Waals surface area contributed by atoms with E-state index in [-0.39, 0.29) is 11.8 Å². The van der Waals surface area contributed by atoms with Crippen LogP contribution in [0.3, 0.4) is 0 Å². The normalized spacial score (nSPS) is 20.7. The fourth-order valence-corrected chi connectivity index (χ4v) is 4.05. The van der Waals surface area contributed by atoms with Crippen LogP contribution in [-0.4, -0.2) is 49.1 Å². The molecule has 2 fully saturated rings. The number of hydrogen-bond donors (Lipinski definition) is 1. The van der Waals surface area contributed by atoms with Gasteiger partial charge in [-0.3, -0.25) is 4.90 Å². The maximum absolute atomic E-state index is 13.9. The molecule has 0 unspecified atom stereocenters. The number of carbonyl (C=O) groups excluding carboxylic acids is 1. The summed E-state index contributed by atoms with van der Waals surface area (Å²) >= 11 is 0. The lowest BCUT2D eigenvalue weighted by atomic mass is 9.60.